The van der Waals surface area contributed by atoms with Crippen LogP contribution in [0.15, 0.2) is 6.07 Å². The minimum Gasteiger partial charge on any atom is -0.480 e. The topological polar surface area (TPSA) is 71.3 Å². The molecule has 0 fully saturated rings. The van der Waals surface area contributed by atoms with Gasteiger partial charge in [-0.05, 0) is 47.1 Å². The van der Waals surface area contributed by atoms with Crippen LogP contribution in [0.2, 0.25) is 0 Å². The fourth-order valence-corrected chi connectivity index (χ4v) is 2.41. The summed E-state index contributed by atoms with van der Waals surface area (Å²) in [7, 11) is 0. The molecule has 0 aliphatic carbocycles. The highest BCUT2D eigenvalue weighted by Crippen LogP contribution is 2.21. The van der Waals surface area contributed by atoms with Gasteiger partial charge in [0.1, 0.15) is 5.54 Å². The van der Waals surface area contributed by atoms with Crippen LogP contribution in [0.5, 0.6) is 0 Å². The smallest absolute Gasteiger partial charge is 0.329 e. The Bertz CT molecular complexity index is 531. The number of aryl methyl sites for hydroxylation is 1. The zero-order chi connectivity index (χ0) is 15.7. The zero-order valence-corrected chi connectivity index (χ0v) is 13.1. The Morgan fingerprint density at radius 2 is 1.95 bits per heavy atom. The number of carboxylic acids is 1. The van der Waals surface area contributed by atoms with Crippen molar-refractivity contribution in [2.24, 2.45) is 0 Å². The lowest BCUT2D eigenvalue weighted by Crippen LogP contribution is -2.51. The van der Waals surface area contributed by atoms with Crippen molar-refractivity contribution < 1.29 is 14.7 Å². The maximum Gasteiger partial charge on any atom is 0.329 e. The van der Waals surface area contributed by atoms with Crippen LogP contribution in [0.1, 0.15) is 61.9 Å². The molecular weight excluding hydrogens is 256 g/mol. The number of carboxylic acid groups (broad SMARTS) is 1. The predicted molar refractivity (Wildman–Crippen MR) is 78.1 cm³/mol. The molecule has 20 heavy (non-hydrogen) atoms. The van der Waals surface area contributed by atoms with Gasteiger partial charge in [-0.15, -0.1) is 0 Å². The van der Waals surface area contributed by atoms with E-state index in [-0.39, 0.29) is 11.9 Å². The minimum atomic E-state index is -1.24. The lowest BCUT2D eigenvalue weighted by Gasteiger charge is -2.24. The van der Waals surface area contributed by atoms with Gasteiger partial charge >= 0.3 is 5.97 Å². The first-order valence-corrected chi connectivity index (χ1v) is 6.88. The molecule has 1 atom stereocenters. The lowest BCUT2D eigenvalue weighted by atomic mass is 9.98. The van der Waals surface area contributed by atoms with Gasteiger partial charge in [-0.25, -0.2) is 4.79 Å². The molecule has 0 saturated heterocycles. The van der Waals surface area contributed by atoms with E-state index in [9.17, 15) is 14.7 Å². The van der Waals surface area contributed by atoms with Gasteiger partial charge in [0.25, 0.3) is 5.91 Å². The number of hydrogen-bond acceptors (Lipinski definition) is 2. The second-order valence-corrected chi connectivity index (χ2v) is 5.69. The number of aliphatic carboxylic acids is 1. The van der Waals surface area contributed by atoms with Gasteiger partial charge in [-0.2, -0.15) is 0 Å². The highest BCUT2D eigenvalue weighted by atomic mass is 16.4. The molecule has 0 saturated carbocycles. The Balaban J connectivity index is 3.11. The van der Waals surface area contributed by atoms with E-state index in [1.54, 1.807) is 6.92 Å². The molecule has 2 N–H and O–H groups in total. The van der Waals surface area contributed by atoms with E-state index in [2.05, 4.69) is 23.7 Å². The number of nitrogens with one attached hydrogen (secondary N) is 1. The van der Waals surface area contributed by atoms with E-state index in [4.69, 9.17) is 0 Å². The number of carbonyl (C=O) groups is 2. The van der Waals surface area contributed by atoms with Crippen LogP contribution in [-0.2, 0) is 4.79 Å². The van der Waals surface area contributed by atoms with Crippen LogP contribution >= 0.6 is 0 Å². The molecular formula is C15H24N2O3. The van der Waals surface area contributed by atoms with Gasteiger partial charge < -0.3 is 15.0 Å². The van der Waals surface area contributed by atoms with Crippen molar-refractivity contribution in [2.75, 3.05) is 0 Å². The quantitative estimate of drug-likeness (QED) is 0.871. The summed E-state index contributed by atoms with van der Waals surface area (Å²) in [6, 6.07) is 2.07. The third-order valence-corrected chi connectivity index (χ3v) is 3.81. The lowest BCUT2D eigenvalue weighted by molar-refractivity contribution is -0.143. The molecule has 0 aliphatic heterocycles. The van der Waals surface area contributed by atoms with E-state index in [1.165, 1.54) is 6.92 Å². The summed E-state index contributed by atoms with van der Waals surface area (Å²) in [6.45, 7) is 11.2. The summed E-state index contributed by atoms with van der Waals surface area (Å²) < 4.78 is 2.07. The van der Waals surface area contributed by atoms with E-state index in [1.807, 2.05) is 19.9 Å². The van der Waals surface area contributed by atoms with Gasteiger partial charge in [-0.1, -0.05) is 6.92 Å². The van der Waals surface area contributed by atoms with Gasteiger partial charge in [0.15, 0.2) is 0 Å². The maximum absolute atomic E-state index is 12.3. The highest BCUT2D eigenvalue weighted by molar-refractivity contribution is 5.98. The Labute approximate surface area is 120 Å². The first-order chi connectivity index (χ1) is 9.14. The van der Waals surface area contributed by atoms with Crippen molar-refractivity contribution in [3.8, 4) is 0 Å². The minimum absolute atomic E-state index is 0.258. The third-order valence-electron chi connectivity index (χ3n) is 3.81. The van der Waals surface area contributed by atoms with Crippen molar-refractivity contribution >= 4 is 11.9 Å². The van der Waals surface area contributed by atoms with Crippen LogP contribution in [0.4, 0.5) is 0 Å². The molecule has 1 aromatic rings. The van der Waals surface area contributed by atoms with Crippen molar-refractivity contribution in [2.45, 2.75) is 59.5 Å². The first-order valence-electron chi connectivity index (χ1n) is 6.88. The van der Waals surface area contributed by atoms with Crippen LogP contribution < -0.4 is 5.32 Å². The number of aromatic nitrogens is 1. The summed E-state index contributed by atoms with van der Waals surface area (Å²) in [6.07, 6.45) is 0.330. The van der Waals surface area contributed by atoms with Crippen molar-refractivity contribution in [3.05, 3.63) is 23.0 Å². The van der Waals surface area contributed by atoms with Crippen LogP contribution in [0.25, 0.3) is 0 Å². The molecule has 1 amide bonds. The van der Waals surface area contributed by atoms with E-state index >= 15 is 0 Å². The average Bonchev–Trinajstić information content (AvgIpc) is 2.64. The average molecular weight is 280 g/mol. The molecule has 1 heterocycles. The van der Waals surface area contributed by atoms with Gasteiger partial charge in [0, 0.05) is 17.4 Å². The standard InChI is InChI=1S/C15H24N2O3/c1-7-15(6,14(19)20)16-13(18)12-8-10(4)17(9(2)3)11(12)5/h8-9H,7H2,1-6H3,(H,16,18)(H,19,20). The SMILES string of the molecule is CCC(C)(NC(=O)c1cc(C)n(C(C)C)c1C)C(=O)O. The molecule has 112 valence electrons. The van der Waals surface area contributed by atoms with Crippen molar-refractivity contribution in [1.82, 2.24) is 9.88 Å². The van der Waals surface area contributed by atoms with E-state index in [0.717, 1.165) is 11.4 Å². The molecule has 1 aromatic heterocycles. The zero-order valence-electron chi connectivity index (χ0n) is 13.1. The summed E-state index contributed by atoms with van der Waals surface area (Å²) in [5.74, 6) is -1.36. The molecule has 5 nitrogen and oxygen atoms in total. The molecule has 1 rings (SSSR count). The predicted octanol–water partition coefficient (Wildman–Crippen LogP) is 2.67. The third kappa shape index (κ3) is 2.86. The fraction of sp³-hybridized carbons (Fsp3) is 0.600. The second kappa shape index (κ2) is 5.69. The van der Waals surface area contributed by atoms with Gasteiger partial charge in [0.2, 0.25) is 0 Å². The summed E-state index contributed by atoms with van der Waals surface area (Å²) >= 11 is 0. The largest absolute Gasteiger partial charge is 0.480 e. The normalized spacial score (nSPS) is 14.2. The van der Waals surface area contributed by atoms with Crippen molar-refractivity contribution in [1.29, 1.82) is 0 Å². The van der Waals surface area contributed by atoms with Crippen molar-refractivity contribution in [3.63, 3.8) is 0 Å². The molecule has 5 heteroatoms. The van der Waals surface area contributed by atoms with Crippen LogP contribution in [-0.4, -0.2) is 27.1 Å². The van der Waals surface area contributed by atoms with E-state index in [0.29, 0.717) is 12.0 Å². The monoisotopic (exact) mass is 280 g/mol. The molecule has 0 spiro atoms. The number of hydrogen-bond donors (Lipinski definition) is 2. The molecule has 0 bridgehead atoms. The number of carbonyl (C=O) groups excluding carboxylic acids is 1. The molecule has 1 unspecified atom stereocenters. The number of rotatable bonds is 5. The Hall–Kier alpha value is -1.78. The fourth-order valence-electron chi connectivity index (χ4n) is 2.41. The van der Waals surface area contributed by atoms with E-state index < -0.39 is 11.5 Å². The maximum atomic E-state index is 12.3. The highest BCUT2D eigenvalue weighted by Gasteiger charge is 2.33. The Kier molecular flexibility index (Phi) is 4.63. The summed E-state index contributed by atoms with van der Waals surface area (Å²) in [5.41, 5.74) is 1.16. The molecule has 0 aliphatic rings. The Morgan fingerprint density at radius 3 is 2.30 bits per heavy atom. The van der Waals surface area contributed by atoms with Gasteiger partial charge in [-0.3, -0.25) is 4.79 Å². The number of amides is 1. The molecule has 0 aromatic carbocycles. The number of nitrogens with zero attached hydrogens (tertiary/aromatic N) is 1. The second-order valence-electron chi connectivity index (χ2n) is 5.69. The van der Waals surface area contributed by atoms with Crippen LogP contribution in [0, 0.1) is 13.8 Å². The first kappa shape index (κ1) is 16.3. The Morgan fingerprint density at radius 1 is 1.40 bits per heavy atom. The summed E-state index contributed by atoms with van der Waals surface area (Å²) in [5, 5.41) is 11.9. The van der Waals surface area contributed by atoms with Crippen LogP contribution in [0.3, 0.4) is 0 Å². The summed E-state index contributed by atoms with van der Waals surface area (Å²) in [4.78, 5) is 23.6. The molecule has 0 radical (unpaired) electrons. The van der Waals surface area contributed by atoms with Gasteiger partial charge in [0.05, 0.1) is 5.56 Å².